The van der Waals surface area contributed by atoms with Crippen molar-refractivity contribution < 1.29 is 0 Å². The molecule has 0 aliphatic carbocycles. The summed E-state index contributed by atoms with van der Waals surface area (Å²) in [5, 5.41) is 4.37. The van der Waals surface area contributed by atoms with Crippen molar-refractivity contribution in [2.24, 2.45) is 0 Å². The Morgan fingerprint density at radius 2 is 1.76 bits per heavy atom. The van der Waals surface area contributed by atoms with Gasteiger partial charge in [0.1, 0.15) is 0 Å². The SMILES string of the molecule is CC(C)(C)n1ncc(N)c1-c1ccc(Br)cc1. The Balaban J connectivity index is 2.59. The lowest BCUT2D eigenvalue weighted by atomic mass is 10.1. The zero-order chi connectivity index (χ0) is 12.6. The Labute approximate surface area is 110 Å². The maximum absolute atomic E-state index is 6.01. The van der Waals surface area contributed by atoms with E-state index in [0.717, 1.165) is 15.7 Å². The number of hydrogen-bond donors (Lipinski definition) is 1. The van der Waals surface area contributed by atoms with E-state index in [-0.39, 0.29) is 5.54 Å². The number of aromatic nitrogens is 2. The third kappa shape index (κ3) is 2.36. The summed E-state index contributed by atoms with van der Waals surface area (Å²) in [5.41, 5.74) is 8.70. The molecule has 90 valence electrons. The molecule has 0 fully saturated rings. The number of nitrogens with two attached hydrogens (primary N) is 1. The quantitative estimate of drug-likeness (QED) is 0.872. The smallest absolute Gasteiger partial charge is 0.0918 e. The third-order valence-corrected chi connectivity index (χ3v) is 3.08. The Morgan fingerprint density at radius 1 is 1.18 bits per heavy atom. The standard InChI is InChI=1S/C13H16BrN3/c1-13(2,3)17-12(11(15)8-16-17)9-4-6-10(14)7-5-9/h4-8H,15H2,1-3H3. The summed E-state index contributed by atoms with van der Waals surface area (Å²) < 4.78 is 3.02. The van der Waals surface area contributed by atoms with Crippen LogP contribution in [0.3, 0.4) is 0 Å². The van der Waals surface area contributed by atoms with Crippen molar-refractivity contribution >= 4 is 21.6 Å². The molecule has 3 nitrogen and oxygen atoms in total. The molecule has 2 aromatic rings. The fourth-order valence-corrected chi connectivity index (χ4v) is 2.03. The van der Waals surface area contributed by atoms with Crippen LogP contribution in [0.4, 0.5) is 5.69 Å². The second-order valence-corrected chi connectivity index (χ2v) is 5.95. The first-order chi connectivity index (χ1) is 7.89. The molecule has 0 saturated heterocycles. The summed E-state index contributed by atoms with van der Waals surface area (Å²) in [6.45, 7) is 6.34. The van der Waals surface area contributed by atoms with Gasteiger partial charge in [0, 0.05) is 10.0 Å². The molecule has 0 radical (unpaired) electrons. The Hall–Kier alpha value is -1.29. The molecule has 4 heteroatoms. The lowest BCUT2D eigenvalue weighted by molar-refractivity contribution is 0.360. The molecule has 0 spiro atoms. The maximum atomic E-state index is 6.01. The first-order valence-corrected chi connectivity index (χ1v) is 6.29. The second kappa shape index (κ2) is 4.18. The zero-order valence-electron chi connectivity index (χ0n) is 10.2. The highest BCUT2D eigenvalue weighted by Crippen LogP contribution is 2.30. The van der Waals surface area contributed by atoms with Crippen LogP contribution in [0.1, 0.15) is 20.8 Å². The van der Waals surface area contributed by atoms with Gasteiger partial charge in [-0.05, 0) is 32.9 Å². The summed E-state index contributed by atoms with van der Waals surface area (Å²) in [6, 6.07) is 8.10. The molecular formula is C13H16BrN3. The molecule has 1 aromatic heterocycles. The highest BCUT2D eigenvalue weighted by atomic mass is 79.9. The molecule has 0 aliphatic heterocycles. The molecular weight excluding hydrogens is 278 g/mol. The average Bonchev–Trinajstić information content (AvgIpc) is 2.61. The number of nitrogen functional groups attached to an aromatic ring is 1. The van der Waals surface area contributed by atoms with Gasteiger partial charge in [-0.1, -0.05) is 28.1 Å². The molecule has 0 unspecified atom stereocenters. The van der Waals surface area contributed by atoms with Crippen molar-refractivity contribution in [3.63, 3.8) is 0 Å². The molecule has 0 saturated carbocycles. The van der Waals surface area contributed by atoms with E-state index in [4.69, 9.17) is 5.73 Å². The number of nitrogens with zero attached hydrogens (tertiary/aromatic N) is 2. The van der Waals surface area contributed by atoms with Gasteiger partial charge in [0.15, 0.2) is 0 Å². The first kappa shape index (κ1) is 12.2. The van der Waals surface area contributed by atoms with Gasteiger partial charge in [0.2, 0.25) is 0 Å². The van der Waals surface area contributed by atoms with Crippen LogP contribution in [0.25, 0.3) is 11.3 Å². The molecule has 2 rings (SSSR count). The number of anilines is 1. The van der Waals surface area contributed by atoms with E-state index >= 15 is 0 Å². The van der Waals surface area contributed by atoms with E-state index < -0.39 is 0 Å². The van der Waals surface area contributed by atoms with Gasteiger partial charge in [-0.15, -0.1) is 0 Å². The normalized spacial score (nSPS) is 11.8. The van der Waals surface area contributed by atoms with Gasteiger partial charge >= 0.3 is 0 Å². The van der Waals surface area contributed by atoms with Crippen LogP contribution in [-0.2, 0) is 5.54 Å². The topological polar surface area (TPSA) is 43.8 Å². The van der Waals surface area contributed by atoms with Gasteiger partial charge in [-0.25, -0.2) is 0 Å². The first-order valence-electron chi connectivity index (χ1n) is 5.49. The number of hydrogen-bond acceptors (Lipinski definition) is 2. The van der Waals surface area contributed by atoms with Crippen molar-refractivity contribution in [2.75, 3.05) is 5.73 Å². The Bertz CT molecular complexity index is 521. The van der Waals surface area contributed by atoms with Gasteiger partial charge in [-0.2, -0.15) is 5.10 Å². The van der Waals surface area contributed by atoms with Gasteiger partial charge < -0.3 is 5.73 Å². The zero-order valence-corrected chi connectivity index (χ0v) is 11.8. The summed E-state index contributed by atoms with van der Waals surface area (Å²) in [5.74, 6) is 0. The average molecular weight is 294 g/mol. The van der Waals surface area contributed by atoms with Crippen LogP contribution in [0.2, 0.25) is 0 Å². The van der Waals surface area contributed by atoms with E-state index in [1.54, 1.807) is 6.20 Å². The van der Waals surface area contributed by atoms with Crippen LogP contribution in [0.15, 0.2) is 34.9 Å². The maximum Gasteiger partial charge on any atom is 0.0918 e. The molecule has 0 bridgehead atoms. The minimum atomic E-state index is -0.0833. The van der Waals surface area contributed by atoms with E-state index in [2.05, 4.69) is 41.8 Å². The summed E-state index contributed by atoms with van der Waals surface area (Å²) >= 11 is 3.43. The summed E-state index contributed by atoms with van der Waals surface area (Å²) in [6.07, 6.45) is 1.71. The van der Waals surface area contributed by atoms with E-state index in [0.29, 0.717) is 5.69 Å². The van der Waals surface area contributed by atoms with Gasteiger partial charge in [0.25, 0.3) is 0 Å². The molecule has 1 aromatic carbocycles. The van der Waals surface area contributed by atoms with Crippen molar-refractivity contribution in [2.45, 2.75) is 26.3 Å². The molecule has 2 N–H and O–H groups in total. The van der Waals surface area contributed by atoms with E-state index in [1.165, 1.54) is 0 Å². The molecule has 17 heavy (non-hydrogen) atoms. The molecule has 0 atom stereocenters. The molecule has 0 amide bonds. The minimum absolute atomic E-state index is 0.0833. The fourth-order valence-electron chi connectivity index (χ4n) is 1.77. The fraction of sp³-hybridized carbons (Fsp3) is 0.308. The predicted octanol–water partition coefficient (Wildman–Crippen LogP) is 3.65. The van der Waals surface area contributed by atoms with Crippen LogP contribution < -0.4 is 5.73 Å². The minimum Gasteiger partial charge on any atom is -0.396 e. The highest BCUT2D eigenvalue weighted by Gasteiger charge is 2.20. The predicted molar refractivity (Wildman–Crippen MR) is 74.8 cm³/mol. The number of halogens is 1. The van der Waals surface area contributed by atoms with Gasteiger partial charge in [-0.3, -0.25) is 4.68 Å². The van der Waals surface area contributed by atoms with Crippen molar-refractivity contribution in [3.05, 3.63) is 34.9 Å². The van der Waals surface area contributed by atoms with E-state index in [9.17, 15) is 0 Å². The van der Waals surface area contributed by atoms with Crippen LogP contribution >= 0.6 is 15.9 Å². The molecule has 1 heterocycles. The van der Waals surface area contributed by atoms with Crippen molar-refractivity contribution in [1.29, 1.82) is 0 Å². The third-order valence-electron chi connectivity index (χ3n) is 2.55. The Kier molecular flexibility index (Phi) is 3.00. The largest absolute Gasteiger partial charge is 0.396 e. The van der Waals surface area contributed by atoms with Crippen molar-refractivity contribution in [1.82, 2.24) is 9.78 Å². The summed E-state index contributed by atoms with van der Waals surface area (Å²) in [4.78, 5) is 0. The number of benzene rings is 1. The van der Waals surface area contributed by atoms with Gasteiger partial charge in [0.05, 0.1) is 23.1 Å². The summed E-state index contributed by atoms with van der Waals surface area (Å²) in [7, 11) is 0. The Morgan fingerprint density at radius 3 is 2.29 bits per heavy atom. The molecule has 0 aliphatic rings. The van der Waals surface area contributed by atoms with Crippen LogP contribution in [0.5, 0.6) is 0 Å². The lowest BCUT2D eigenvalue weighted by Crippen LogP contribution is -2.24. The van der Waals surface area contributed by atoms with Crippen molar-refractivity contribution in [3.8, 4) is 11.3 Å². The van der Waals surface area contributed by atoms with Crippen LogP contribution in [0, 0.1) is 0 Å². The highest BCUT2D eigenvalue weighted by molar-refractivity contribution is 9.10. The van der Waals surface area contributed by atoms with Crippen LogP contribution in [-0.4, -0.2) is 9.78 Å². The van der Waals surface area contributed by atoms with E-state index in [1.807, 2.05) is 28.9 Å². The second-order valence-electron chi connectivity index (χ2n) is 5.04. The number of rotatable bonds is 1. The monoisotopic (exact) mass is 293 g/mol. The lowest BCUT2D eigenvalue weighted by Gasteiger charge is -2.22.